The number of cyclic esters (lactones) is 1. The van der Waals surface area contributed by atoms with Crippen molar-refractivity contribution in [1.29, 1.82) is 0 Å². The smallest absolute Gasteiger partial charge is 0.323 e. The zero-order valence-corrected chi connectivity index (χ0v) is 10.0. The van der Waals surface area contributed by atoms with Gasteiger partial charge in [0.2, 0.25) is 0 Å². The Hall–Kier alpha value is -1.42. The number of esters is 1. The van der Waals surface area contributed by atoms with Gasteiger partial charge < -0.3 is 4.74 Å². The Balaban J connectivity index is 2.02. The first-order valence-electron chi connectivity index (χ1n) is 5.71. The van der Waals surface area contributed by atoms with Gasteiger partial charge in [0.15, 0.2) is 0 Å². The van der Waals surface area contributed by atoms with Gasteiger partial charge in [0.1, 0.15) is 18.0 Å². The van der Waals surface area contributed by atoms with Gasteiger partial charge >= 0.3 is 5.97 Å². The summed E-state index contributed by atoms with van der Waals surface area (Å²) in [5, 5.41) is 0. The van der Waals surface area contributed by atoms with E-state index in [2.05, 4.69) is 0 Å². The summed E-state index contributed by atoms with van der Waals surface area (Å²) < 4.78 is 18.1. The van der Waals surface area contributed by atoms with Crippen molar-refractivity contribution in [2.45, 2.75) is 32.0 Å². The molecule has 1 aliphatic rings. The highest BCUT2D eigenvalue weighted by atomic mass is 19.1. The largest absolute Gasteiger partial charge is 0.461 e. The molecule has 0 aromatic heterocycles. The van der Waals surface area contributed by atoms with E-state index in [-0.39, 0.29) is 23.9 Å². The van der Waals surface area contributed by atoms with Gasteiger partial charge in [0, 0.05) is 13.0 Å². The highest BCUT2D eigenvalue weighted by molar-refractivity contribution is 5.77. The molecule has 4 heteroatoms. The summed E-state index contributed by atoms with van der Waals surface area (Å²) in [5.74, 6) is -0.435. The molecule has 1 aromatic carbocycles. The fraction of sp³-hybridized carbons (Fsp3) is 0.462. The molecule has 1 aromatic rings. The number of carbonyl (C=O) groups is 1. The monoisotopic (exact) mass is 237 g/mol. The van der Waals surface area contributed by atoms with Crippen LogP contribution in [0.15, 0.2) is 24.3 Å². The molecule has 0 bridgehead atoms. The maximum atomic E-state index is 13.0. The highest BCUT2D eigenvalue weighted by Crippen LogP contribution is 2.20. The van der Waals surface area contributed by atoms with Crippen molar-refractivity contribution in [2.75, 3.05) is 7.05 Å². The molecule has 0 aliphatic carbocycles. The number of halogens is 1. The van der Waals surface area contributed by atoms with Crippen molar-refractivity contribution in [3.05, 3.63) is 35.6 Å². The molecule has 1 saturated heterocycles. The molecule has 0 amide bonds. The Kier molecular flexibility index (Phi) is 3.43. The Labute approximate surface area is 100 Å². The minimum Gasteiger partial charge on any atom is -0.461 e. The van der Waals surface area contributed by atoms with E-state index < -0.39 is 0 Å². The third-order valence-electron chi connectivity index (χ3n) is 3.00. The molecule has 0 unspecified atom stereocenters. The molecule has 92 valence electrons. The molecule has 0 spiro atoms. The predicted octanol–water partition coefficient (Wildman–Crippen LogP) is 1.96. The lowest BCUT2D eigenvalue weighted by Crippen LogP contribution is -2.34. The number of likely N-dealkylation sites (N-methyl/N-ethyl adjacent to an activating group) is 1. The SMILES string of the molecule is C[C@@H]1C[C@H](N(C)Cc2cccc(F)c2)C(=O)O1. The summed E-state index contributed by atoms with van der Waals surface area (Å²) >= 11 is 0. The van der Waals surface area contributed by atoms with E-state index in [1.807, 2.05) is 24.9 Å². The van der Waals surface area contributed by atoms with Crippen LogP contribution < -0.4 is 0 Å². The van der Waals surface area contributed by atoms with E-state index in [0.29, 0.717) is 13.0 Å². The van der Waals surface area contributed by atoms with Crippen LogP contribution in [0.1, 0.15) is 18.9 Å². The van der Waals surface area contributed by atoms with Crippen molar-refractivity contribution in [1.82, 2.24) is 4.90 Å². The zero-order valence-electron chi connectivity index (χ0n) is 10.0. The van der Waals surface area contributed by atoms with Gasteiger partial charge in [-0.3, -0.25) is 9.69 Å². The maximum absolute atomic E-state index is 13.0. The van der Waals surface area contributed by atoms with Gasteiger partial charge in [-0.15, -0.1) is 0 Å². The van der Waals surface area contributed by atoms with Crippen LogP contribution in [0.3, 0.4) is 0 Å². The quantitative estimate of drug-likeness (QED) is 0.753. The van der Waals surface area contributed by atoms with Gasteiger partial charge in [-0.05, 0) is 31.7 Å². The van der Waals surface area contributed by atoms with Crippen LogP contribution in [0.4, 0.5) is 4.39 Å². The lowest BCUT2D eigenvalue weighted by atomic mass is 10.1. The van der Waals surface area contributed by atoms with Gasteiger partial charge in [0.05, 0.1) is 0 Å². The van der Waals surface area contributed by atoms with Crippen LogP contribution in [0.25, 0.3) is 0 Å². The van der Waals surface area contributed by atoms with Crippen LogP contribution in [-0.4, -0.2) is 30.1 Å². The number of hydrogen-bond acceptors (Lipinski definition) is 3. The van der Waals surface area contributed by atoms with Crippen LogP contribution in [0.5, 0.6) is 0 Å². The van der Waals surface area contributed by atoms with Gasteiger partial charge in [-0.25, -0.2) is 4.39 Å². The molecule has 3 nitrogen and oxygen atoms in total. The number of carbonyl (C=O) groups excluding carboxylic acids is 1. The maximum Gasteiger partial charge on any atom is 0.323 e. The molecule has 0 radical (unpaired) electrons. The fourth-order valence-electron chi connectivity index (χ4n) is 2.13. The van der Waals surface area contributed by atoms with Crippen molar-refractivity contribution in [3.63, 3.8) is 0 Å². The van der Waals surface area contributed by atoms with E-state index in [4.69, 9.17) is 4.74 Å². The second-order valence-corrected chi connectivity index (χ2v) is 4.54. The molecule has 1 aliphatic heterocycles. The molecule has 0 saturated carbocycles. The molecule has 1 heterocycles. The highest BCUT2D eigenvalue weighted by Gasteiger charge is 2.34. The number of hydrogen-bond donors (Lipinski definition) is 0. The van der Waals surface area contributed by atoms with Crippen LogP contribution >= 0.6 is 0 Å². The fourth-order valence-corrected chi connectivity index (χ4v) is 2.13. The van der Waals surface area contributed by atoms with Crippen molar-refractivity contribution < 1.29 is 13.9 Å². The van der Waals surface area contributed by atoms with Crippen molar-refractivity contribution >= 4 is 5.97 Å². The molecular weight excluding hydrogens is 221 g/mol. The molecule has 2 rings (SSSR count). The normalized spacial score (nSPS) is 24.1. The van der Waals surface area contributed by atoms with Crippen LogP contribution in [0, 0.1) is 5.82 Å². The average molecular weight is 237 g/mol. The third kappa shape index (κ3) is 2.82. The van der Waals surface area contributed by atoms with E-state index in [9.17, 15) is 9.18 Å². The average Bonchev–Trinajstić information content (AvgIpc) is 2.58. The summed E-state index contributed by atoms with van der Waals surface area (Å²) in [6.07, 6.45) is 0.674. The second kappa shape index (κ2) is 4.84. The Morgan fingerprint density at radius 2 is 2.29 bits per heavy atom. The van der Waals surface area contributed by atoms with Crippen LogP contribution in [-0.2, 0) is 16.1 Å². The Morgan fingerprint density at radius 1 is 1.53 bits per heavy atom. The number of benzene rings is 1. The third-order valence-corrected chi connectivity index (χ3v) is 3.00. The number of ether oxygens (including phenoxy) is 1. The van der Waals surface area contributed by atoms with Crippen LogP contribution in [0.2, 0.25) is 0 Å². The standard InChI is InChI=1S/C13H16FNO2/c1-9-6-12(13(16)17-9)15(2)8-10-4-3-5-11(14)7-10/h3-5,7,9,12H,6,8H2,1-2H3/t9-,12+/m1/s1. The van der Waals surface area contributed by atoms with Gasteiger partial charge in [-0.2, -0.15) is 0 Å². The van der Waals surface area contributed by atoms with Crippen molar-refractivity contribution in [2.24, 2.45) is 0 Å². The zero-order chi connectivity index (χ0) is 12.4. The summed E-state index contributed by atoms with van der Waals surface area (Å²) in [6.45, 7) is 2.43. The van der Waals surface area contributed by atoms with Crippen molar-refractivity contribution in [3.8, 4) is 0 Å². The minimum atomic E-state index is -0.252. The Morgan fingerprint density at radius 3 is 2.88 bits per heavy atom. The number of nitrogens with zero attached hydrogens (tertiary/aromatic N) is 1. The summed E-state index contributed by atoms with van der Waals surface area (Å²) in [7, 11) is 1.86. The van der Waals surface area contributed by atoms with E-state index in [1.165, 1.54) is 12.1 Å². The first kappa shape index (κ1) is 12.0. The molecule has 17 heavy (non-hydrogen) atoms. The first-order chi connectivity index (χ1) is 8.06. The Bertz CT molecular complexity index is 422. The predicted molar refractivity (Wildman–Crippen MR) is 61.8 cm³/mol. The molecule has 1 fully saturated rings. The minimum absolute atomic E-state index is 0.0255. The summed E-state index contributed by atoms with van der Waals surface area (Å²) in [4.78, 5) is 13.4. The molecule has 2 atom stereocenters. The number of rotatable bonds is 3. The second-order valence-electron chi connectivity index (χ2n) is 4.54. The van der Waals surface area contributed by atoms with E-state index >= 15 is 0 Å². The van der Waals surface area contributed by atoms with Gasteiger partial charge in [-0.1, -0.05) is 12.1 Å². The summed E-state index contributed by atoms with van der Waals surface area (Å²) in [6, 6.07) is 6.21. The van der Waals surface area contributed by atoms with E-state index in [0.717, 1.165) is 5.56 Å². The lowest BCUT2D eigenvalue weighted by molar-refractivity contribution is -0.144. The molecule has 0 N–H and O–H groups in total. The summed E-state index contributed by atoms with van der Waals surface area (Å²) in [5.41, 5.74) is 0.861. The molecular formula is C13H16FNO2. The topological polar surface area (TPSA) is 29.5 Å². The first-order valence-corrected chi connectivity index (χ1v) is 5.71. The lowest BCUT2D eigenvalue weighted by Gasteiger charge is -2.20. The van der Waals surface area contributed by atoms with Gasteiger partial charge in [0.25, 0.3) is 0 Å². The van der Waals surface area contributed by atoms with E-state index in [1.54, 1.807) is 6.07 Å².